The molecule has 2 amide bonds. The van der Waals surface area contributed by atoms with Crippen LogP contribution in [0.2, 0.25) is 0 Å². The molecule has 0 saturated carbocycles. The Bertz CT molecular complexity index is 1090. The molecule has 10 heteroatoms. The zero-order valence-corrected chi connectivity index (χ0v) is 21.7. The number of ether oxygens (including phenoxy) is 2. The number of nitrogens with one attached hydrogen (secondary N) is 1. The van der Waals surface area contributed by atoms with Crippen LogP contribution < -0.4 is 14.8 Å². The van der Waals surface area contributed by atoms with Gasteiger partial charge in [-0.3, -0.25) is 9.59 Å². The Kier molecular flexibility index (Phi) is 8.81. The van der Waals surface area contributed by atoms with Crippen LogP contribution in [0.15, 0.2) is 48.5 Å². The van der Waals surface area contributed by atoms with Crippen LogP contribution in [0.1, 0.15) is 54.4 Å². The largest absolute Gasteiger partial charge is 0.573 e. The maximum atomic E-state index is 13.1. The molecule has 2 saturated heterocycles. The molecule has 1 atom stereocenters. The number of methoxy groups -OCH3 is 1. The standard InChI is InChI=1S/C28H34F3N3O4/c1-19(20-7-9-23(37-2)10-8-20)27(36)34-17-13-22(14-18-34)33-15-11-21(12-16-33)32-26(35)24-5-3-4-6-25(24)38-28(29,30)31/h3-10,19,21-22H,11-18H2,1-2H3,(H,32,35). The Morgan fingerprint density at radius 2 is 1.58 bits per heavy atom. The number of benzene rings is 2. The highest BCUT2D eigenvalue weighted by atomic mass is 19.4. The van der Waals surface area contributed by atoms with E-state index in [-0.39, 0.29) is 23.4 Å². The number of carbonyl (C=O) groups is 2. The fourth-order valence-electron chi connectivity index (χ4n) is 5.30. The van der Waals surface area contributed by atoms with Crippen molar-refractivity contribution in [2.75, 3.05) is 33.3 Å². The predicted molar refractivity (Wildman–Crippen MR) is 136 cm³/mol. The minimum Gasteiger partial charge on any atom is -0.497 e. The molecule has 4 rings (SSSR count). The number of alkyl halides is 3. The van der Waals surface area contributed by atoms with Gasteiger partial charge in [-0.25, -0.2) is 0 Å². The average Bonchev–Trinajstić information content (AvgIpc) is 2.92. The molecule has 1 unspecified atom stereocenters. The number of likely N-dealkylation sites (tertiary alicyclic amines) is 2. The van der Waals surface area contributed by atoms with Gasteiger partial charge in [-0.05, 0) is 62.4 Å². The number of piperidine rings is 2. The molecule has 2 aromatic rings. The van der Waals surface area contributed by atoms with Gasteiger partial charge >= 0.3 is 6.36 Å². The van der Waals surface area contributed by atoms with Gasteiger partial charge in [-0.2, -0.15) is 0 Å². The van der Waals surface area contributed by atoms with Crippen molar-refractivity contribution in [1.29, 1.82) is 0 Å². The van der Waals surface area contributed by atoms with Gasteiger partial charge in [0, 0.05) is 38.3 Å². The van der Waals surface area contributed by atoms with E-state index >= 15 is 0 Å². The highest BCUT2D eigenvalue weighted by Gasteiger charge is 2.34. The smallest absolute Gasteiger partial charge is 0.497 e. The second-order valence-corrected chi connectivity index (χ2v) is 9.88. The van der Waals surface area contributed by atoms with Crippen LogP contribution in [0, 0.1) is 0 Å². The van der Waals surface area contributed by atoms with Crippen LogP contribution in [0.5, 0.6) is 11.5 Å². The molecule has 0 aliphatic carbocycles. The van der Waals surface area contributed by atoms with Crippen LogP contribution in [0.3, 0.4) is 0 Å². The number of carbonyl (C=O) groups excluding carboxylic acids is 2. The molecule has 0 spiro atoms. The van der Waals surface area contributed by atoms with E-state index in [1.165, 1.54) is 18.2 Å². The lowest BCUT2D eigenvalue weighted by molar-refractivity contribution is -0.274. The molecular weight excluding hydrogens is 499 g/mol. The Balaban J connectivity index is 1.23. The van der Waals surface area contributed by atoms with E-state index in [0.29, 0.717) is 32.0 Å². The van der Waals surface area contributed by atoms with Crippen molar-refractivity contribution >= 4 is 11.8 Å². The number of halogens is 3. The molecular formula is C28H34F3N3O4. The van der Waals surface area contributed by atoms with Crippen LogP contribution in [0.4, 0.5) is 13.2 Å². The van der Waals surface area contributed by atoms with Gasteiger partial charge in [0.2, 0.25) is 5.91 Å². The Hall–Kier alpha value is -3.27. The van der Waals surface area contributed by atoms with Crippen molar-refractivity contribution in [2.24, 2.45) is 0 Å². The lowest BCUT2D eigenvalue weighted by atomic mass is 9.95. The van der Waals surface area contributed by atoms with Crippen LogP contribution in [-0.2, 0) is 4.79 Å². The van der Waals surface area contributed by atoms with Crippen molar-refractivity contribution in [3.8, 4) is 11.5 Å². The summed E-state index contributed by atoms with van der Waals surface area (Å²) in [5.74, 6) is -0.398. The van der Waals surface area contributed by atoms with Crippen LogP contribution in [-0.4, -0.2) is 73.3 Å². The molecule has 2 aromatic carbocycles. The summed E-state index contributed by atoms with van der Waals surface area (Å²) >= 11 is 0. The van der Waals surface area contributed by atoms with Gasteiger partial charge in [-0.15, -0.1) is 13.2 Å². The molecule has 2 fully saturated rings. The first-order valence-corrected chi connectivity index (χ1v) is 13.0. The number of amides is 2. The van der Waals surface area contributed by atoms with Crippen molar-refractivity contribution in [3.63, 3.8) is 0 Å². The molecule has 7 nitrogen and oxygen atoms in total. The van der Waals surface area contributed by atoms with Crippen LogP contribution >= 0.6 is 0 Å². The van der Waals surface area contributed by atoms with Crippen molar-refractivity contribution in [1.82, 2.24) is 15.1 Å². The summed E-state index contributed by atoms with van der Waals surface area (Å²) in [5, 5.41) is 2.87. The third-order valence-corrected chi connectivity index (χ3v) is 7.50. The summed E-state index contributed by atoms with van der Waals surface area (Å²) in [6, 6.07) is 13.2. The summed E-state index contributed by atoms with van der Waals surface area (Å²) in [5.41, 5.74) is 0.836. The summed E-state index contributed by atoms with van der Waals surface area (Å²) in [6.07, 6.45) is -1.67. The van der Waals surface area contributed by atoms with Crippen molar-refractivity contribution in [2.45, 2.75) is 57.0 Å². The van der Waals surface area contributed by atoms with Crippen molar-refractivity contribution in [3.05, 3.63) is 59.7 Å². The third-order valence-electron chi connectivity index (χ3n) is 7.50. The summed E-state index contributed by atoms with van der Waals surface area (Å²) in [6.45, 7) is 4.91. The zero-order chi connectivity index (χ0) is 27.3. The highest BCUT2D eigenvalue weighted by molar-refractivity contribution is 5.97. The lowest BCUT2D eigenvalue weighted by Crippen LogP contribution is -2.52. The first-order chi connectivity index (χ1) is 18.1. The van der Waals surface area contributed by atoms with E-state index in [2.05, 4.69) is 15.0 Å². The fourth-order valence-corrected chi connectivity index (χ4v) is 5.30. The molecule has 1 N–H and O–H groups in total. The van der Waals surface area contributed by atoms with Gasteiger partial charge < -0.3 is 24.6 Å². The van der Waals surface area contributed by atoms with E-state index < -0.39 is 18.0 Å². The Morgan fingerprint density at radius 1 is 0.947 bits per heavy atom. The fraction of sp³-hybridized carbons (Fsp3) is 0.500. The maximum Gasteiger partial charge on any atom is 0.573 e. The zero-order valence-electron chi connectivity index (χ0n) is 21.7. The molecule has 2 aliphatic rings. The molecule has 0 radical (unpaired) electrons. The second kappa shape index (κ2) is 12.1. The number of para-hydroxylation sites is 1. The monoisotopic (exact) mass is 533 g/mol. The number of nitrogens with zero attached hydrogens (tertiary/aromatic N) is 2. The molecule has 0 bridgehead atoms. The minimum atomic E-state index is -4.87. The maximum absolute atomic E-state index is 13.1. The van der Waals surface area contributed by atoms with E-state index in [0.717, 1.165) is 43.3 Å². The molecule has 38 heavy (non-hydrogen) atoms. The molecule has 206 valence electrons. The summed E-state index contributed by atoms with van der Waals surface area (Å²) < 4.78 is 47.3. The summed E-state index contributed by atoms with van der Waals surface area (Å²) in [4.78, 5) is 30.1. The van der Waals surface area contributed by atoms with Gasteiger partial charge in [0.25, 0.3) is 5.91 Å². The first-order valence-electron chi connectivity index (χ1n) is 13.0. The second-order valence-electron chi connectivity index (χ2n) is 9.88. The average molecular weight is 534 g/mol. The molecule has 0 aromatic heterocycles. The number of hydrogen-bond acceptors (Lipinski definition) is 5. The summed E-state index contributed by atoms with van der Waals surface area (Å²) in [7, 11) is 1.61. The van der Waals surface area contributed by atoms with E-state index in [1.807, 2.05) is 36.1 Å². The van der Waals surface area contributed by atoms with E-state index in [9.17, 15) is 22.8 Å². The first kappa shape index (κ1) is 27.8. The Morgan fingerprint density at radius 3 is 2.18 bits per heavy atom. The highest BCUT2D eigenvalue weighted by Crippen LogP contribution is 2.28. The van der Waals surface area contributed by atoms with Gasteiger partial charge in [0.1, 0.15) is 11.5 Å². The topological polar surface area (TPSA) is 71.1 Å². The predicted octanol–water partition coefficient (Wildman–Crippen LogP) is 4.58. The van der Waals surface area contributed by atoms with Gasteiger partial charge in [-0.1, -0.05) is 24.3 Å². The van der Waals surface area contributed by atoms with Gasteiger partial charge in [0.15, 0.2) is 0 Å². The van der Waals surface area contributed by atoms with Crippen molar-refractivity contribution < 1.29 is 32.2 Å². The van der Waals surface area contributed by atoms with E-state index in [4.69, 9.17) is 4.74 Å². The third kappa shape index (κ3) is 6.98. The quantitative estimate of drug-likeness (QED) is 0.564. The van der Waals surface area contributed by atoms with E-state index in [1.54, 1.807) is 7.11 Å². The molecule has 2 aliphatic heterocycles. The number of hydrogen-bond donors (Lipinski definition) is 1. The lowest BCUT2D eigenvalue weighted by Gasteiger charge is -2.42. The SMILES string of the molecule is COc1ccc(C(C)C(=O)N2CCC(N3CCC(NC(=O)c4ccccc4OC(F)(F)F)CC3)CC2)cc1. The van der Waals surface area contributed by atoms with Gasteiger partial charge in [0.05, 0.1) is 18.6 Å². The van der Waals surface area contributed by atoms with Crippen LogP contribution in [0.25, 0.3) is 0 Å². The Labute approximate surface area is 220 Å². The minimum absolute atomic E-state index is 0.121. The number of rotatable bonds is 7. The normalized spacial score (nSPS) is 18.6. The molecule has 2 heterocycles.